The summed E-state index contributed by atoms with van der Waals surface area (Å²) < 4.78 is 0. The number of hydrogen-bond donors (Lipinski definition) is 0. The SMILES string of the molecule is N#CCc1ccc(Cl)c(Cl)c1C1CCCC1. The van der Waals surface area contributed by atoms with Gasteiger partial charge in [-0.1, -0.05) is 42.1 Å². The molecule has 1 aromatic rings. The monoisotopic (exact) mass is 253 g/mol. The average molecular weight is 254 g/mol. The van der Waals surface area contributed by atoms with Crippen LogP contribution < -0.4 is 0 Å². The summed E-state index contributed by atoms with van der Waals surface area (Å²) in [5.41, 5.74) is 2.16. The van der Waals surface area contributed by atoms with E-state index >= 15 is 0 Å². The Morgan fingerprint density at radius 3 is 2.56 bits per heavy atom. The van der Waals surface area contributed by atoms with E-state index in [4.69, 9.17) is 28.5 Å². The van der Waals surface area contributed by atoms with Gasteiger partial charge >= 0.3 is 0 Å². The molecule has 1 aliphatic rings. The fourth-order valence-corrected chi connectivity index (χ4v) is 3.00. The number of benzene rings is 1. The molecule has 1 aliphatic carbocycles. The van der Waals surface area contributed by atoms with Crippen molar-refractivity contribution in [2.75, 3.05) is 0 Å². The van der Waals surface area contributed by atoms with Crippen LogP contribution in [0.4, 0.5) is 0 Å². The summed E-state index contributed by atoms with van der Waals surface area (Å²) in [4.78, 5) is 0. The van der Waals surface area contributed by atoms with E-state index in [-0.39, 0.29) is 0 Å². The number of nitrogens with zero attached hydrogens (tertiary/aromatic N) is 1. The minimum atomic E-state index is 0.419. The zero-order valence-corrected chi connectivity index (χ0v) is 10.5. The Morgan fingerprint density at radius 1 is 1.25 bits per heavy atom. The van der Waals surface area contributed by atoms with Crippen LogP contribution in [0.5, 0.6) is 0 Å². The van der Waals surface area contributed by atoms with E-state index in [0.717, 1.165) is 11.1 Å². The molecule has 84 valence electrons. The van der Waals surface area contributed by atoms with Crippen LogP contribution in [0.25, 0.3) is 0 Å². The van der Waals surface area contributed by atoms with Crippen molar-refractivity contribution in [2.45, 2.75) is 38.0 Å². The van der Waals surface area contributed by atoms with E-state index < -0.39 is 0 Å². The third-order valence-electron chi connectivity index (χ3n) is 3.26. The first kappa shape index (κ1) is 11.8. The second kappa shape index (κ2) is 5.08. The van der Waals surface area contributed by atoms with Crippen LogP contribution in [-0.4, -0.2) is 0 Å². The van der Waals surface area contributed by atoms with E-state index in [0.29, 0.717) is 22.4 Å². The Bertz CT molecular complexity index is 428. The fraction of sp³-hybridized carbons (Fsp3) is 0.462. The number of hydrogen-bond acceptors (Lipinski definition) is 1. The topological polar surface area (TPSA) is 23.8 Å². The molecule has 1 aromatic carbocycles. The largest absolute Gasteiger partial charge is 0.198 e. The van der Waals surface area contributed by atoms with Gasteiger partial charge in [-0.15, -0.1) is 0 Å². The molecule has 1 fully saturated rings. The van der Waals surface area contributed by atoms with Crippen molar-refractivity contribution in [3.63, 3.8) is 0 Å². The van der Waals surface area contributed by atoms with Gasteiger partial charge in [-0.2, -0.15) is 5.26 Å². The van der Waals surface area contributed by atoms with E-state index in [1.54, 1.807) is 6.07 Å². The molecule has 0 unspecified atom stereocenters. The summed E-state index contributed by atoms with van der Waals surface area (Å²) in [7, 11) is 0. The first-order valence-corrected chi connectivity index (χ1v) is 6.33. The quantitative estimate of drug-likeness (QED) is 0.749. The lowest BCUT2D eigenvalue weighted by atomic mass is 9.91. The maximum atomic E-state index is 8.82. The average Bonchev–Trinajstić information content (AvgIpc) is 2.77. The predicted molar refractivity (Wildman–Crippen MR) is 67.0 cm³/mol. The molecule has 0 aliphatic heterocycles. The molecule has 0 amide bonds. The first-order valence-electron chi connectivity index (χ1n) is 5.57. The second-order valence-electron chi connectivity index (χ2n) is 4.25. The van der Waals surface area contributed by atoms with Gasteiger partial charge in [-0.05, 0) is 36.0 Å². The van der Waals surface area contributed by atoms with Crippen LogP contribution in [0.15, 0.2) is 12.1 Å². The van der Waals surface area contributed by atoms with Gasteiger partial charge in [0.15, 0.2) is 0 Å². The fourth-order valence-electron chi connectivity index (χ4n) is 2.50. The van der Waals surface area contributed by atoms with Gasteiger partial charge in [-0.3, -0.25) is 0 Å². The van der Waals surface area contributed by atoms with E-state index in [1.165, 1.54) is 25.7 Å². The molecule has 1 nitrogen and oxygen atoms in total. The van der Waals surface area contributed by atoms with Crippen LogP contribution in [0, 0.1) is 11.3 Å². The van der Waals surface area contributed by atoms with Crippen molar-refractivity contribution in [3.8, 4) is 6.07 Å². The number of nitriles is 1. The van der Waals surface area contributed by atoms with Crippen molar-refractivity contribution in [3.05, 3.63) is 33.3 Å². The van der Waals surface area contributed by atoms with Gasteiger partial charge in [0.05, 0.1) is 22.5 Å². The van der Waals surface area contributed by atoms with E-state index in [2.05, 4.69) is 6.07 Å². The summed E-state index contributed by atoms with van der Waals surface area (Å²) in [6.07, 6.45) is 5.25. The Morgan fingerprint density at radius 2 is 1.94 bits per heavy atom. The van der Waals surface area contributed by atoms with Gasteiger partial charge in [-0.25, -0.2) is 0 Å². The Hall–Kier alpha value is -0.710. The molecule has 0 N–H and O–H groups in total. The molecule has 0 radical (unpaired) electrons. The Labute approximate surface area is 106 Å². The summed E-state index contributed by atoms with van der Waals surface area (Å²) in [6, 6.07) is 5.92. The van der Waals surface area contributed by atoms with Crippen molar-refractivity contribution in [1.82, 2.24) is 0 Å². The molecule has 16 heavy (non-hydrogen) atoms. The Kier molecular flexibility index (Phi) is 3.74. The maximum absolute atomic E-state index is 8.82. The van der Waals surface area contributed by atoms with Crippen LogP contribution in [0.3, 0.4) is 0 Å². The number of halogens is 2. The molecule has 0 atom stereocenters. The van der Waals surface area contributed by atoms with Gasteiger partial charge in [0.25, 0.3) is 0 Å². The Balaban J connectivity index is 2.45. The van der Waals surface area contributed by atoms with E-state index in [9.17, 15) is 0 Å². The van der Waals surface area contributed by atoms with Crippen LogP contribution in [0.2, 0.25) is 10.0 Å². The second-order valence-corrected chi connectivity index (χ2v) is 5.04. The lowest BCUT2D eigenvalue weighted by Crippen LogP contribution is -2.00. The zero-order valence-electron chi connectivity index (χ0n) is 8.97. The lowest BCUT2D eigenvalue weighted by Gasteiger charge is -2.16. The minimum Gasteiger partial charge on any atom is -0.198 e. The molecule has 0 bridgehead atoms. The first-order chi connectivity index (χ1) is 7.74. The van der Waals surface area contributed by atoms with Crippen molar-refractivity contribution in [1.29, 1.82) is 5.26 Å². The van der Waals surface area contributed by atoms with E-state index in [1.807, 2.05) is 6.07 Å². The summed E-state index contributed by atoms with van der Waals surface area (Å²) in [5, 5.41) is 10.1. The highest BCUT2D eigenvalue weighted by Crippen LogP contribution is 2.42. The molecule has 2 rings (SSSR count). The van der Waals surface area contributed by atoms with Crippen molar-refractivity contribution < 1.29 is 0 Å². The molecule has 0 aromatic heterocycles. The smallest absolute Gasteiger partial charge is 0.0669 e. The highest BCUT2D eigenvalue weighted by Gasteiger charge is 2.23. The number of rotatable bonds is 2. The summed E-state index contributed by atoms with van der Waals surface area (Å²) >= 11 is 12.3. The molecule has 0 spiro atoms. The summed E-state index contributed by atoms with van der Waals surface area (Å²) in [6.45, 7) is 0. The molecular weight excluding hydrogens is 241 g/mol. The standard InChI is InChI=1S/C13H13Cl2N/c14-11-6-5-10(7-8-16)12(13(11)15)9-3-1-2-4-9/h5-6,9H,1-4,7H2. The van der Waals surface area contributed by atoms with Crippen LogP contribution in [0.1, 0.15) is 42.7 Å². The molecule has 1 saturated carbocycles. The predicted octanol–water partition coefficient (Wildman–Crippen LogP) is 4.72. The van der Waals surface area contributed by atoms with Crippen molar-refractivity contribution in [2.24, 2.45) is 0 Å². The molecule has 0 heterocycles. The highest BCUT2D eigenvalue weighted by atomic mass is 35.5. The third-order valence-corrected chi connectivity index (χ3v) is 4.07. The lowest BCUT2D eigenvalue weighted by molar-refractivity contribution is 0.716. The van der Waals surface area contributed by atoms with Crippen molar-refractivity contribution >= 4 is 23.2 Å². The third kappa shape index (κ3) is 2.19. The van der Waals surface area contributed by atoms with Gasteiger partial charge in [0.2, 0.25) is 0 Å². The minimum absolute atomic E-state index is 0.419. The highest BCUT2D eigenvalue weighted by molar-refractivity contribution is 6.42. The van der Waals surface area contributed by atoms with Crippen LogP contribution in [-0.2, 0) is 6.42 Å². The maximum Gasteiger partial charge on any atom is 0.0669 e. The molecular formula is C13H13Cl2N. The molecule has 3 heteroatoms. The van der Waals surface area contributed by atoms with Gasteiger partial charge in [0, 0.05) is 0 Å². The van der Waals surface area contributed by atoms with Gasteiger partial charge in [0.1, 0.15) is 0 Å². The zero-order chi connectivity index (χ0) is 11.5. The molecule has 0 saturated heterocycles. The normalized spacial score (nSPS) is 16.3. The summed E-state index contributed by atoms with van der Waals surface area (Å²) in [5.74, 6) is 0.495. The van der Waals surface area contributed by atoms with Crippen LogP contribution >= 0.6 is 23.2 Å². The van der Waals surface area contributed by atoms with Gasteiger partial charge < -0.3 is 0 Å².